The van der Waals surface area contributed by atoms with Crippen molar-refractivity contribution in [3.63, 3.8) is 0 Å². The minimum Gasteiger partial charge on any atom is -0.470 e. The van der Waals surface area contributed by atoms with Gasteiger partial charge >= 0.3 is 5.97 Å². The Bertz CT molecular complexity index is 142. The highest BCUT2D eigenvalue weighted by Gasteiger charge is 2.11. The lowest BCUT2D eigenvalue weighted by atomic mass is 10.5. The van der Waals surface area contributed by atoms with E-state index < -0.39 is 11.9 Å². The van der Waals surface area contributed by atoms with E-state index in [0.29, 0.717) is 0 Å². The van der Waals surface area contributed by atoms with Gasteiger partial charge in [-0.05, 0) is 13.8 Å². The van der Waals surface area contributed by atoms with Gasteiger partial charge in [0.05, 0.1) is 13.2 Å². The summed E-state index contributed by atoms with van der Waals surface area (Å²) in [5.74, 6) is -1.19. The number of methoxy groups -OCH3 is 1. The fourth-order valence-electron chi connectivity index (χ4n) is 0.377. The summed E-state index contributed by atoms with van der Waals surface area (Å²) in [4.78, 5) is 10.5. The van der Waals surface area contributed by atoms with Crippen molar-refractivity contribution in [1.82, 2.24) is 0 Å². The van der Waals surface area contributed by atoms with Gasteiger partial charge in [0.25, 0.3) is 5.90 Å². The summed E-state index contributed by atoms with van der Waals surface area (Å²) >= 11 is 0. The quantitative estimate of drug-likeness (QED) is 0.333. The molecule has 4 heteroatoms. The number of carbonyl (C=O) groups is 1. The zero-order valence-corrected chi connectivity index (χ0v) is 6.30. The van der Waals surface area contributed by atoms with Crippen LogP contribution < -0.4 is 0 Å². The van der Waals surface area contributed by atoms with E-state index in [-0.39, 0.29) is 6.10 Å². The molecule has 0 aromatic carbocycles. The first-order valence-electron chi connectivity index (χ1n) is 2.91. The van der Waals surface area contributed by atoms with E-state index in [2.05, 4.69) is 4.74 Å². The van der Waals surface area contributed by atoms with Gasteiger partial charge < -0.3 is 9.47 Å². The van der Waals surface area contributed by atoms with E-state index in [0.717, 1.165) is 0 Å². The molecule has 10 heavy (non-hydrogen) atoms. The van der Waals surface area contributed by atoms with E-state index in [1.165, 1.54) is 7.11 Å². The number of hydrogen-bond acceptors (Lipinski definition) is 4. The number of ether oxygens (including phenoxy) is 2. The molecule has 0 atom stereocenters. The van der Waals surface area contributed by atoms with Crippen molar-refractivity contribution in [2.24, 2.45) is 0 Å². The third-order valence-corrected chi connectivity index (χ3v) is 0.724. The molecule has 0 bridgehead atoms. The second kappa shape index (κ2) is 3.87. The van der Waals surface area contributed by atoms with Crippen LogP contribution in [0, 0.1) is 5.41 Å². The van der Waals surface area contributed by atoms with Gasteiger partial charge in [-0.3, -0.25) is 5.41 Å². The van der Waals surface area contributed by atoms with Crippen LogP contribution in [0.2, 0.25) is 0 Å². The molecule has 0 saturated heterocycles. The third-order valence-electron chi connectivity index (χ3n) is 0.724. The molecule has 58 valence electrons. The van der Waals surface area contributed by atoms with Gasteiger partial charge in [0.1, 0.15) is 0 Å². The largest absolute Gasteiger partial charge is 0.470 e. The molecule has 0 saturated carbocycles. The molecule has 1 N–H and O–H groups in total. The molecule has 0 amide bonds. The van der Waals surface area contributed by atoms with Gasteiger partial charge in [-0.2, -0.15) is 0 Å². The van der Waals surface area contributed by atoms with Crippen LogP contribution in [0.5, 0.6) is 0 Å². The lowest BCUT2D eigenvalue weighted by Crippen LogP contribution is -2.21. The Morgan fingerprint density at radius 2 is 2.00 bits per heavy atom. The van der Waals surface area contributed by atoms with E-state index in [4.69, 9.17) is 10.1 Å². The maximum Gasteiger partial charge on any atom is 0.393 e. The molecule has 0 fully saturated rings. The first-order chi connectivity index (χ1) is 4.57. The Morgan fingerprint density at radius 3 is 2.30 bits per heavy atom. The number of carbonyl (C=O) groups excluding carboxylic acids is 1. The van der Waals surface area contributed by atoms with Crippen molar-refractivity contribution in [3.8, 4) is 0 Å². The molecule has 0 unspecified atom stereocenters. The molecule has 0 rings (SSSR count). The van der Waals surface area contributed by atoms with Crippen molar-refractivity contribution in [2.75, 3.05) is 7.11 Å². The lowest BCUT2D eigenvalue weighted by molar-refractivity contribution is -0.134. The number of hydrogen-bond donors (Lipinski definition) is 1. The molecule has 0 heterocycles. The Morgan fingerprint density at radius 1 is 1.50 bits per heavy atom. The zero-order valence-electron chi connectivity index (χ0n) is 6.30. The van der Waals surface area contributed by atoms with Gasteiger partial charge in [-0.25, -0.2) is 4.79 Å². The first-order valence-corrected chi connectivity index (χ1v) is 2.91. The fraction of sp³-hybridized carbons (Fsp3) is 0.667. The van der Waals surface area contributed by atoms with E-state index in [9.17, 15) is 4.79 Å². The number of esters is 1. The van der Waals surface area contributed by atoms with Gasteiger partial charge in [-0.1, -0.05) is 0 Å². The van der Waals surface area contributed by atoms with Crippen LogP contribution in [-0.2, 0) is 14.3 Å². The Hall–Kier alpha value is -1.06. The van der Waals surface area contributed by atoms with Crippen molar-refractivity contribution < 1.29 is 14.3 Å². The van der Waals surface area contributed by atoms with Crippen LogP contribution in [0.4, 0.5) is 0 Å². The third kappa shape index (κ3) is 3.06. The summed E-state index contributed by atoms with van der Waals surface area (Å²) in [5.41, 5.74) is 0. The molecule has 0 aromatic heterocycles. The monoisotopic (exact) mass is 145 g/mol. The van der Waals surface area contributed by atoms with E-state index in [1.54, 1.807) is 13.8 Å². The van der Waals surface area contributed by atoms with Crippen molar-refractivity contribution in [1.29, 1.82) is 5.41 Å². The van der Waals surface area contributed by atoms with Crippen molar-refractivity contribution >= 4 is 11.9 Å². The number of nitrogens with one attached hydrogen (secondary N) is 1. The highest BCUT2D eigenvalue weighted by Crippen LogP contribution is 1.90. The second-order valence-electron chi connectivity index (χ2n) is 1.99. The predicted molar refractivity (Wildman–Crippen MR) is 36.0 cm³/mol. The summed E-state index contributed by atoms with van der Waals surface area (Å²) in [6.45, 7) is 3.47. The normalized spacial score (nSPS) is 9.20. The number of rotatable bonds is 1. The van der Waals surface area contributed by atoms with E-state index >= 15 is 0 Å². The minimum atomic E-state index is -0.742. The Balaban J connectivity index is 3.74. The molecule has 0 aliphatic heterocycles. The summed E-state index contributed by atoms with van der Waals surface area (Å²) in [6, 6.07) is 0. The molecular weight excluding hydrogens is 134 g/mol. The predicted octanol–water partition coefficient (Wildman–Crippen LogP) is 0.562. The highest BCUT2D eigenvalue weighted by molar-refractivity contribution is 6.31. The summed E-state index contributed by atoms with van der Waals surface area (Å²) in [5, 5.41) is 6.93. The van der Waals surface area contributed by atoms with Gasteiger partial charge in [0, 0.05) is 0 Å². The van der Waals surface area contributed by atoms with Crippen molar-refractivity contribution in [2.45, 2.75) is 20.0 Å². The summed E-state index contributed by atoms with van der Waals surface area (Å²) in [6.07, 6.45) is -0.161. The van der Waals surface area contributed by atoms with Crippen LogP contribution in [0.25, 0.3) is 0 Å². The Kier molecular flexibility index (Phi) is 3.46. The molecule has 0 aliphatic carbocycles. The molecular formula is C6H11NO3. The first kappa shape index (κ1) is 8.94. The SMILES string of the molecule is COC(=O)C(=N)OC(C)C. The van der Waals surface area contributed by atoms with Crippen LogP contribution in [0.15, 0.2) is 0 Å². The van der Waals surface area contributed by atoms with Crippen LogP contribution in [-0.4, -0.2) is 25.1 Å². The van der Waals surface area contributed by atoms with E-state index in [1.807, 2.05) is 0 Å². The van der Waals surface area contributed by atoms with Crippen LogP contribution >= 0.6 is 0 Å². The summed E-state index contributed by atoms with van der Waals surface area (Å²) < 4.78 is 8.94. The second-order valence-corrected chi connectivity index (χ2v) is 1.99. The molecule has 4 nitrogen and oxygen atoms in total. The van der Waals surface area contributed by atoms with Gasteiger partial charge in [-0.15, -0.1) is 0 Å². The van der Waals surface area contributed by atoms with Crippen LogP contribution in [0.3, 0.4) is 0 Å². The lowest BCUT2D eigenvalue weighted by Gasteiger charge is -2.07. The topological polar surface area (TPSA) is 59.4 Å². The maximum atomic E-state index is 10.5. The Labute approximate surface area is 59.6 Å². The van der Waals surface area contributed by atoms with Gasteiger partial charge in [0.2, 0.25) is 0 Å². The molecule has 0 aromatic rings. The average molecular weight is 145 g/mol. The fourth-order valence-corrected chi connectivity index (χ4v) is 0.377. The molecule has 0 spiro atoms. The minimum absolute atomic E-state index is 0.161. The zero-order chi connectivity index (χ0) is 8.15. The van der Waals surface area contributed by atoms with Gasteiger partial charge in [0.15, 0.2) is 0 Å². The molecule has 0 aliphatic rings. The van der Waals surface area contributed by atoms with Crippen LogP contribution in [0.1, 0.15) is 13.8 Å². The molecule has 0 radical (unpaired) electrons. The average Bonchev–Trinajstić information content (AvgIpc) is 1.85. The van der Waals surface area contributed by atoms with Crippen molar-refractivity contribution in [3.05, 3.63) is 0 Å². The maximum absolute atomic E-state index is 10.5. The standard InChI is InChI=1S/C6H11NO3/c1-4(2)10-5(7)6(8)9-3/h4,7H,1-3H3. The summed E-state index contributed by atoms with van der Waals surface area (Å²) in [7, 11) is 1.21. The smallest absolute Gasteiger partial charge is 0.393 e. The highest BCUT2D eigenvalue weighted by atomic mass is 16.6.